The fourth-order valence-electron chi connectivity index (χ4n) is 3.48. The Morgan fingerprint density at radius 1 is 1.24 bits per heavy atom. The molecule has 0 saturated heterocycles. The lowest BCUT2D eigenvalue weighted by molar-refractivity contribution is -0.145. The van der Waals surface area contributed by atoms with Gasteiger partial charge in [0.1, 0.15) is 12.9 Å². The summed E-state index contributed by atoms with van der Waals surface area (Å²) >= 11 is 7.35. The average Bonchev–Trinajstić information content (AvgIpc) is 3.42. The van der Waals surface area contributed by atoms with Crippen LogP contribution in [0.5, 0.6) is 0 Å². The summed E-state index contributed by atoms with van der Waals surface area (Å²) in [5.41, 5.74) is 3.85. The van der Waals surface area contributed by atoms with Crippen LogP contribution >= 0.6 is 22.9 Å². The first-order valence-electron chi connectivity index (χ1n) is 10.2. The molecule has 0 spiro atoms. The highest BCUT2D eigenvalue weighted by atomic mass is 35.5. The van der Waals surface area contributed by atoms with E-state index in [1.807, 2.05) is 13.8 Å². The molecule has 0 fully saturated rings. The zero-order chi connectivity index (χ0) is 23.5. The summed E-state index contributed by atoms with van der Waals surface area (Å²) in [6.07, 6.45) is 2.13. The molecule has 0 saturated carbocycles. The van der Waals surface area contributed by atoms with Gasteiger partial charge >= 0.3 is 5.97 Å². The van der Waals surface area contributed by atoms with E-state index in [9.17, 15) is 9.59 Å². The van der Waals surface area contributed by atoms with E-state index in [1.54, 1.807) is 34.2 Å². The topological polar surface area (TPSA) is 103 Å². The first kappa shape index (κ1) is 22.8. The molecule has 1 amide bonds. The molecule has 3 heterocycles. The maximum absolute atomic E-state index is 12.4. The molecule has 1 aromatic carbocycles. The van der Waals surface area contributed by atoms with Crippen molar-refractivity contribution in [2.24, 2.45) is 0 Å². The predicted octanol–water partition coefficient (Wildman–Crippen LogP) is 4.21. The molecule has 4 aromatic rings. The smallest absolute Gasteiger partial charge is 0.306 e. The third-order valence-electron chi connectivity index (χ3n) is 5.06. The SMILES string of the molecule is CC(=O)N(c1cccc(Cl)c1)c1nc(COC(=O)CCc2c(C)nc3ncnn3c2C)cs1. The fraction of sp³-hybridized carbons (Fsp3) is 0.273. The highest BCUT2D eigenvalue weighted by Crippen LogP contribution is 2.30. The van der Waals surface area contributed by atoms with Crippen molar-refractivity contribution in [1.82, 2.24) is 24.6 Å². The van der Waals surface area contributed by atoms with Gasteiger partial charge in [-0.15, -0.1) is 11.3 Å². The zero-order valence-corrected chi connectivity index (χ0v) is 19.9. The lowest BCUT2D eigenvalue weighted by Crippen LogP contribution is -2.22. The molecule has 0 aliphatic rings. The largest absolute Gasteiger partial charge is 0.459 e. The van der Waals surface area contributed by atoms with Crippen LogP contribution in [0, 0.1) is 13.8 Å². The summed E-state index contributed by atoms with van der Waals surface area (Å²) in [7, 11) is 0. The van der Waals surface area contributed by atoms with Crippen molar-refractivity contribution >= 4 is 51.4 Å². The minimum absolute atomic E-state index is 0.0228. The van der Waals surface area contributed by atoms with Crippen LogP contribution in [0.1, 0.15) is 36.0 Å². The number of halogens is 1. The number of ether oxygens (including phenoxy) is 1. The molecular formula is C22H21ClN6O3S. The number of aryl methyl sites for hydroxylation is 2. The van der Waals surface area contributed by atoms with Gasteiger partial charge in [-0.2, -0.15) is 10.1 Å². The second-order valence-corrected chi connectivity index (χ2v) is 8.62. The number of thiazole rings is 1. The number of esters is 1. The van der Waals surface area contributed by atoms with E-state index >= 15 is 0 Å². The van der Waals surface area contributed by atoms with Crippen LogP contribution in [0.25, 0.3) is 5.78 Å². The molecule has 33 heavy (non-hydrogen) atoms. The number of rotatable bonds is 7. The van der Waals surface area contributed by atoms with Crippen molar-refractivity contribution in [2.75, 3.05) is 4.90 Å². The van der Waals surface area contributed by atoms with Gasteiger partial charge < -0.3 is 4.74 Å². The number of hydrogen-bond donors (Lipinski definition) is 0. The molecular weight excluding hydrogens is 464 g/mol. The second-order valence-electron chi connectivity index (χ2n) is 7.35. The van der Waals surface area contributed by atoms with Crippen LogP contribution in [0.3, 0.4) is 0 Å². The molecule has 0 atom stereocenters. The Kier molecular flexibility index (Phi) is 6.66. The van der Waals surface area contributed by atoms with E-state index < -0.39 is 0 Å². The van der Waals surface area contributed by atoms with Crippen LogP contribution < -0.4 is 4.90 Å². The molecule has 0 aliphatic heterocycles. The Labute approximate surface area is 199 Å². The number of nitrogens with zero attached hydrogens (tertiary/aromatic N) is 6. The molecule has 9 nitrogen and oxygen atoms in total. The zero-order valence-electron chi connectivity index (χ0n) is 18.3. The molecule has 11 heteroatoms. The lowest BCUT2D eigenvalue weighted by atomic mass is 10.1. The van der Waals surface area contributed by atoms with Crippen LogP contribution in [0.2, 0.25) is 5.02 Å². The summed E-state index contributed by atoms with van der Waals surface area (Å²) in [6.45, 7) is 5.29. The molecule has 0 bridgehead atoms. The summed E-state index contributed by atoms with van der Waals surface area (Å²) in [6, 6.07) is 6.98. The summed E-state index contributed by atoms with van der Waals surface area (Å²) in [5, 5.41) is 6.93. The number of amides is 1. The normalized spacial score (nSPS) is 11.0. The Balaban J connectivity index is 1.38. The van der Waals surface area contributed by atoms with Gasteiger partial charge in [0.2, 0.25) is 5.91 Å². The van der Waals surface area contributed by atoms with Crippen molar-refractivity contribution in [3.8, 4) is 0 Å². The summed E-state index contributed by atoms with van der Waals surface area (Å²) in [5.74, 6) is -0.00722. The number of aromatic nitrogens is 5. The maximum Gasteiger partial charge on any atom is 0.306 e. The number of carbonyl (C=O) groups is 2. The highest BCUT2D eigenvalue weighted by molar-refractivity contribution is 7.14. The van der Waals surface area contributed by atoms with Gasteiger partial charge in [-0.1, -0.05) is 17.7 Å². The Bertz CT molecular complexity index is 1330. The van der Waals surface area contributed by atoms with Gasteiger partial charge in [0.15, 0.2) is 5.13 Å². The van der Waals surface area contributed by atoms with Gasteiger partial charge in [-0.05, 0) is 44.0 Å². The van der Waals surface area contributed by atoms with Gasteiger partial charge in [0, 0.05) is 35.1 Å². The van der Waals surface area contributed by atoms with E-state index in [4.69, 9.17) is 16.3 Å². The monoisotopic (exact) mass is 484 g/mol. The fourth-order valence-corrected chi connectivity index (χ4v) is 4.53. The number of hydrogen-bond acceptors (Lipinski definition) is 8. The molecule has 170 valence electrons. The number of fused-ring (bicyclic) bond motifs is 1. The van der Waals surface area contributed by atoms with E-state index in [0.717, 1.165) is 17.0 Å². The maximum atomic E-state index is 12.4. The highest BCUT2D eigenvalue weighted by Gasteiger charge is 2.19. The molecule has 0 N–H and O–H groups in total. The molecule has 3 aromatic heterocycles. The Morgan fingerprint density at radius 3 is 2.82 bits per heavy atom. The van der Waals surface area contributed by atoms with Crippen molar-refractivity contribution in [2.45, 2.75) is 40.2 Å². The van der Waals surface area contributed by atoms with Crippen LogP contribution in [-0.2, 0) is 27.4 Å². The lowest BCUT2D eigenvalue weighted by Gasteiger charge is -2.18. The Hall–Kier alpha value is -3.37. The van der Waals surface area contributed by atoms with Crippen LogP contribution in [0.15, 0.2) is 36.0 Å². The van der Waals surface area contributed by atoms with Crippen molar-refractivity contribution < 1.29 is 14.3 Å². The molecule has 0 aliphatic carbocycles. The minimum Gasteiger partial charge on any atom is -0.459 e. The van der Waals surface area contributed by atoms with Gasteiger partial charge in [-0.25, -0.2) is 14.5 Å². The summed E-state index contributed by atoms with van der Waals surface area (Å²) < 4.78 is 7.06. The van der Waals surface area contributed by atoms with Gasteiger partial charge in [-0.3, -0.25) is 14.5 Å². The number of anilines is 2. The van der Waals surface area contributed by atoms with Crippen molar-refractivity contribution in [3.63, 3.8) is 0 Å². The molecule has 4 rings (SSSR count). The number of benzene rings is 1. The average molecular weight is 485 g/mol. The van der Waals surface area contributed by atoms with E-state index in [2.05, 4.69) is 20.1 Å². The first-order valence-corrected chi connectivity index (χ1v) is 11.4. The van der Waals surface area contributed by atoms with Crippen molar-refractivity contribution in [3.05, 3.63) is 63.6 Å². The number of carbonyl (C=O) groups excluding carboxylic acids is 2. The van der Waals surface area contributed by atoms with E-state index in [0.29, 0.717) is 33.7 Å². The minimum atomic E-state index is -0.347. The molecule has 0 unspecified atom stereocenters. The second kappa shape index (κ2) is 9.63. The third-order valence-corrected chi connectivity index (χ3v) is 6.17. The summed E-state index contributed by atoms with van der Waals surface area (Å²) in [4.78, 5) is 39.0. The van der Waals surface area contributed by atoms with Crippen LogP contribution in [-0.4, -0.2) is 36.4 Å². The van der Waals surface area contributed by atoms with Crippen LogP contribution in [0.4, 0.5) is 10.8 Å². The Morgan fingerprint density at radius 2 is 2.06 bits per heavy atom. The first-order chi connectivity index (χ1) is 15.8. The van der Waals surface area contributed by atoms with Crippen molar-refractivity contribution in [1.29, 1.82) is 0 Å². The standard InChI is InChI=1S/C22H21ClN6O3S/c1-13-19(14(2)29-21(26-13)24-12-25-29)7-8-20(31)32-10-17-11-33-22(27-17)28(15(3)30)18-6-4-5-16(23)9-18/h4-6,9,11-12H,7-8,10H2,1-3H3. The van der Waals surface area contributed by atoms with E-state index in [-0.39, 0.29) is 24.9 Å². The van der Waals surface area contributed by atoms with Gasteiger partial charge in [0.25, 0.3) is 5.78 Å². The predicted molar refractivity (Wildman–Crippen MR) is 125 cm³/mol. The van der Waals surface area contributed by atoms with E-state index in [1.165, 1.54) is 29.5 Å². The van der Waals surface area contributed by atoms with Gasteiger partial charge in [0.05, 0.1) is 11.4 Å². The molecule has 0 radical (unpaired) electrons. The third kappa shape index (κ3) is 5.01. The quantitative estimate of drug-likeness (QED) is 0.362.